The lowest BCUT2D eigenvalue weighted by molar-refractivity contribution is 0.176. The Morgan fingerprint density at radius 2 is 1.71 bits per heavy atom. The van der Waals surface area contributed by atoms with Gasteiger partial charge in [-0.2, -0.15) is 0 Å². The summed E-state index contributed by atoms with van der Waals surface area (Å²) in [5.41, 5.74) is 4.27. The number of H-pyrrole nitrogens is 1. The number of aromatic nitrogens is 1. The molecule has 1 heterocycles. The van der Waals surface area contributed by atoms with E-state index in [9.17, 15) is 4.39 Å². The van der Waals surface area contributed by atoms with Crippen LogP contribution in [-0.2, 0) is 6.42 Å². The zero-order chi connectivity index (χ0) is 20.1. The minimum Gasteiger partial charge on any atom is -0.354 e. The Balaban J connectivity index is 1.71. The monoisotopic (exact) mass is 381 g/mol. The summed E-state index contributed by atoms with van der Waals surface area (Å²) in [7, 11) is 0. The molecule has 0 saturated carbocycles. The number of rotatable bonds is 9. The van der Waals surface area contributed by atoms with E-state index in [0.29, 0.717) is 12.1 Å². The average Bonchev–Trinajstić information content (AvgIpc) is 3.02. The Morgan fingerprint density at radius 3 is 2.43 bits per heavy atom. The maximum atomic E-state index is 13.8. The number of hydrogen-bond acceptors (Lipinski definition) is 2. The van der Waals surface area contributed by atoms with Gasteiger partial charge in [0.25, 0.3) is 0 Å². The molecule has 0 unspecified atom stereocenters. The third kappa shape index (κ3) is 4.81. The van der Waals surface area contributed by atoms with Gasteiger partial charge in [0.2, 0.25) is 0 Å². The van der Waals surface area contributed by atoms with Crippen LogP contribution in [0.15, 0.2) is 48.5 Å². The van der Waals surface area contributed by atoms with E-state index in [4.69, 9.17) is 0 Å². The van der Waals surface area contributed by atoms with Crippen LogP contribution in [0.2, 0.25) is 0 Å². The molecule has 0 aliphatic rings. The van der Waals surface area contributed by atoms with Crippen LogP contribution in [0.1, 0.15) is 33.3 Å². The SMILES string of the molecule is CC(C)N(CCNCCc1c(-c2cccc(F)c2)[nH]c2ccccc12)C(C)C. The van der Waals surface area contributed by atoms with Crippen molar-refractivity contribution in [3.63, 3.8) is 0 Å². The predicted octanol–water partition coefficient (Wildman–Crippen LogP) is 5.22. The number of hydrogen-bond donors (Lipinski definition) is 2. The van der Waals surface area contributed by atoms with E-state index in [1.165, 1.54) is 17.0 Å². The van der Waals surface area contributed by atoms with Crippen molar-refractivity contribution in [1.82, 2.24) is 15.2 Å². The highest BCUT2D eigenvalue weighted by Crippen LogP contribution is 2.30. The van der Waals surface area contributed by atoms with E-state index in [-0.39, 0.29) is 5.82 Å². The highest BCUT2D eigenvalue weighted by atomic mass is 19.1. The first-order valence-corrected chi connectivity index (χ1v) is 10.3. The van der Waals surface area contributed by atoms with Crippen molar-refractivity contribution in [1.29, 1.82) is 0 Å². The number of halogens is 1. The van der Waals surface area contributed by atoms with Gasteiger partial charge in [0.15, 0.2) is 0 Å². The second-order valence-corrected chi connectivity index (χ2v) is 7.96. The van der Waals surface area contributed by atoms with Gasteiger partial charge in [-0.25, -0.2) is 4.39 Å². The highest BCUT2D eigenvalue weighted by Gasteiger charge is 2.14. The number of fused-ring (bicyclic) bond motifs is 1. The maximum absolute atomic E-state index is 13.8. The van der Waals surface area contributed by atoms with Crippen LogP contribution in [0.25, 0.3) is 22.2 Å². The summed E-state index contributed by atoms with van der Waals surface area (Å²) in [6.45, 7) is 11.9. The molecule has 0 spiro atoms. The maximum Gasteiger partial charge on any atom is 0.123 e. The smallest absolute Gasteiger partial charge is 0.123 e. The summed E-state index contributed by atoms with van der Waals surface area (Å²) in [6.07, 6.45) is 0.902. The molecule has 2 aromatic carbocycles. The van der Waals surface area contributed by atoms with Gasteiger partial charge in [-0.1, -0.05) is 30.3 Å². The van der Waals surface area contributed by atoms with Crippen molar-refractivity contribution >= 4 is 10.9 Å². The molecule has 4 heteroatoms. The first-order chi connectivity index (χ1) is 13.5. The van der Waals surface area contributed by atoms with E-state index in [1.807, 2.05) is 12.1 Å². The predicted molar refractivity (Wildman–Crippen MR) is 117 cm³/mol. The standard InChI is InChI=1S/C24H32FN3/c1-17(2)28(18(3)4)15-14-26-13-12-22-21-10-5-6-11-23(21)27-24(22)19-8-7-9-20(25)16-19/h5-11,16-18,26-27H,12-15H2,1-4H3. The second kappa shape index (κ2) is 9.35. The average molecular weight is 382 g/mol. The molecule has 0 radical (unpaired) electrons. The van der Waals surface area contributed by atoms with Crippen molar-refractivity contribution in [2.75, 3.05) is 19.6 Å². The topological polar surface area (TPSA) is 31.1 Å². The van der Waals surface area contributed by atoms with Gasteiger partial charge in [0, 0.05) is 47.3 Å². The molecule has 0 aliphatic carbocycles. The van der Waals surface area contributed by atoms with Crippen LogP contribution < -0.4 is 5.32 Å². The third-order valence-corrected chi connectivity index (χ3v) is 5.35. The number of nitrogens with zero attached hydrogens (tertiary/aromatic N) is 1. The van der Waals surface area contributed by atoms with Gasteiger partial charge in [0.05, 0.1) is 0 Å². The van der Waals surface area contributed by atoms with Gasteiger partial charge in [0.1, 0.15) is 5.82 Å². The summed E-state index contributed by atoms with van der Waals surface area (Å²) >= 11 is 0. The Morgan fingerprint density at radius 1 is 0.964 bits per heavy atom. The second-order valence-electron chi connectivity index (χ2n) is 7.96. The van der Waals surface area contributed by atoms with Crippen molar-refractivity contribution < 1.29 is 4.39 Å². The zero-order valence-corrected chi connectivity index (χ0v) is 17.4. The molecule has 28 heavy (non-hydrogen) atoms. The largest absolute Gasteiger partial charge is 0.354 e. The van der Waals surface area contributed by atoms with Gasteiger partial charge < -0.3 is 10.3 Å². The minimum atomic E-state index is -0.206. The lowest BCUT2D eigenvalue weighted by Crippen LogP contribution is -2.41. The Kier molecular flexibility index (Phi) is 6.87. The molecular formula is C24H32FN3. The van der Waals surface area contributed by atoms with E-state index in [1.54, 1.807) is 12.1 Å². The molecule has 1 aromatic heterocycles. The number of para-hydroxylation sites is 1. The van der Waals surface area contributed by atoms with Crippen LogP contribution in [0.4, 0.5) is 4.39 Å². The van der Waals surface area contributed by atoms with E-state index >= 15 is 0 Å². The van der Waals surface area contributed by atoms with Gasteiger partial charge in [-0.3, -0.25) is 4.90 Å². The first-order valence-electron chi connectivity index (χ1n) is 10.3. The molecule has 0 bridgehead atoms. The van der Waals surface area contributed by atoms with Gasteiger partial charge in [-0.05, 0) is 64.4 Å². The molecule has 0 aliphatic heterocycles. The molecule has 0 atom stereocenters. The zero-order valence-electron chi connectivity index (χ0n) is 17.4. The van der Waals surface area contributed by atoms with Crippen LogP contribution in [0, 0.1) is 5.82 Å². The number of benzene rings is 2. The van der Waals surface area contributed by atoms with Crippen molar-refractivity contribution in [2.45, 2.75) is 46.2 Å². The summed E-state index contributed by atoms with van der Waals surface area (Å²) in [6, 6.07) is 16.2. The quantitative estimate of drug-likeness (QED) is 0.498. The summed E-state index contributed by atoms with van der Waals surface area (Å²) in [5.74, 6) is -0.206. The molecule has 0 saturated heterocycles. The highest BCUT2D eigenvalue weighted by molar-refractivity contribution is 5.90. The Labute approximate surface area is 168 Å². The van der Waals surface area contributed by atoms with Crippen molar-refractivity contribution in [3.8, 4) is 11.3 Å². The number of nitrogens with one attached hydrogen (secondary N) is 2. The van der Waals surface area contributed by atoms with Crippen LogP contribution >= 0.6 is 0 Å². The van der Waals surface area contributed by atoms with Crippen LogP contribution in [-0.4, -0.2) is 41.6 Å². The summed E-state index contributed by atoms with van der Waals surface area (Å²) < 4.78 is 13.8. The minimum absolute atomic E-state index is 0.206. The summed E-state index contributed by atoms with van der Waals surface area (Å²) in [5, 5.41) is 4.81. The fraction of sp³-hybridized carbons (Fsp3) is 0.417. The number of aromatic amines is 1. The van der Waals surface area contributed by atoms with Gasteiger partial charge in [-0.15, -0.1) is 0 Å². The van der Waals surface area contributed by atoms with Crippen molar-refractivity contribution in [2.24, 2.45) is 0 Å². The lowest BCUT2D eigenvalue weighted by atomic mass is 10.0. The molecule has 2 N–H and O–H groups in total. The molecule has 3 aromatic rings. The lowest BCUT2D eigenvalue weighted by Gasteiger charge is -2.30. The molecule has 0 amide bonds. The fourth-order valence-electron chi connectivity index (χ4n) is 4.01. The van der Waals surface area contributed by atoms with Crippen LogP contribution in [0.3, 0.4) is 0 Å². The third-order valence-electron chi connectivity index (χ3n) is 5.35. The molecule has 3 rings (SSSR count). The first kappa shape index (κ1) is 20.6. The van der Waals surface area contributed by atoms with Crippen molar-refractivity contribution in [3.05, 3.63) is 59.9 Å². The van der Waals surface area contributed by atoms with Gasteiger partial charge >= 0.3 is 0 Å². The Bertz CT molecular complexity index is 890. The normalized spacial score (nSPS) is 12.0. The van der Waals surface area contributed by atoms with E-state index in [0.717, 1.165) is 42.8 Å². The molecule has 0 fully saturated rings. The fourth-order valence-corrected chi connectivity index (χ4v) is 4.01. The summed E-state index contributed by atoms with van der Waals surface area (Å²) in [4.78, 5) is 5.99. The van der Waals surface area contributed by atoms with E-state index in [2.05, 4.69) is 61.1 Å². The molecule has 150 valence electrons. The Hall–Kier alpha value is -2.17. The van der Waals surface area contributed by atoms with E-state index < -0.39 is 0 Å². The van der Waals surface area contributed by atoms with Crippen LogP contribution in [0.5, 0.6) is 0 Å². The molecule has 3 nitrogen and oxygen atoms in total. The molecular weight excluding hydrogens is 349 g/mol.